The van der Waals surface area contributed by atoms with Crippen LogP contribution in [0.3, 0.4) is 0 Å². The van der Waals surface area contributed by atoms with Crippen LogP contribution in [0, 0.1) is 5.82 Å². The summed E-state index contributed by atoms with van der Waals surface area (Å²) < 4.78 is 40.9. The lowest BCUT2D eigenvalue weighted by molar-refractivity contribution is 0.510. The molecule has 0 radical (unpaired) electrons. The quantitative estimate of drug-likeness (QED) is 0.852. The molecule has 1 heterocycles. The van der Waals surface area contributed by atoms with Crippen molar-refractivity contribution in [3.05, 3.63) is 45.9 Å². The van der Waals surface area contributed by atoms with Gasteiger partial charge in [-0.15, -0.1) is 11.3 Å². The number of fused-ring (bicyclic) bond motifs is 1. The maximum Gasteiger partial charge on any atom is 0.241 e. The topological polar surface area (TPSA) is 72.2 Å². The molecule has 1 aromatic carbocycles. The summed E-state index contributed by atoms with van der Waals surface area (Å²) in [6, 6.07) is 5.25. The second-order valence-corrected chi connectivity index (χ2v) is 7.76. The molecule has 0 bridgehead atoms. The standard InChI is InChI=1S/C14H15FN2O2S2/c15-11-8-9(4-5-12(11)16)21(18,19)17-13-2-1-3-14-10(13)6-7-20-14/h4-8,13,17H,1-3,16H2. The Morgan fingerprint density at radius 2 is 2.14 bits per heavy atom. The van der Waals surface area contributed by atoms with E-state index in [1.165, 1.54) is 17.0 Å². The Labute approximate surface area is 126 Å². The molecule has 0 amide bonds. The van der Waals surface area contributed by atoms with Gasteiger partial charge in [0, 0.05) is 10.9 Å². The number of nitrogens with two attached hydrogens (primary N) is 1. The van der Waals surface area contributed by atoms with Crippen molar-refractivity contribution in [2.75, 3.05) is 5.73 Å². The summed E-state index contributed by atoms with van der Waals surface area (Å²) in [4.78, 5) is 1.12. The molecular formula is C14H15FN2O2S2. The molecule has 1 aliphatic carbocycles. The first kappa shape index (κ1) is 14.5. The van der Waals surface area contributed by atoms with E-state index in [2.05, 4.69) is 4.72 Å². The van der Waals surface area contributed by atoms with E-state index in [1.54, 1.807) is 11.3 Å². The van der Waals surface area contributed by atoms with Gasteiger partial charge in [0.1, 0.15) is 5.82 Å². The van der Waals surface area contributed by atoms with Crippen LogP contribution in [0.1, 0.15) is 29.3 Å². The van der Waals surface area contributed by atoms with Crippen LogP contribution in [0.25, 0.3) is 0 Å². The maximum atomic E-state index is 13.5. The smallest absolute Gasteiger partial charge is 0.241 e. The second-order valence-electron chi connectivity index (χ2n) is 5.05. The Morgan fingerprint density at radius 3 is 2.90 bits per heavy atom. The largest absolute Gasteiger partial charge is 0.396 e. The molecule has 21 heavy (non-hydrogen) atoms. The fraction of sp³-hybridized carbons (Fsp3) is 0.286. The molecule has 0 spiro atoms. The molecule has 1 aromatic heterocycles. The first-order valence-electron chi connectivity index (χ1n) is 6.61. The van der Waals surface area contributed by atoms with Gasteiger partial charge in [-0.2, -0.15) is 0 Å². The van der Waals surface area contributed by atoms with E-state index >= 15 is 0 Å². The molecular weight excluding hydrogens is 311 g/mol. The number of nitrogen functional groups attached to an aromatic ring is 1. The zero-order valence-electron chi connectivity index (χ0n) is 11.2. The van der Waals surface area contributed by atoms with Crippen LogP contribution >= 0.6 is 11.3 Å². The monoisotopic (exact) mass is 326 g/mol. The van der Waals surface area contributed by atoms with Crippen LogP contribution in [0.5, 0.6) is 0 Å². The van der Waals surface area contributed by atoms with Gasteiger partial charge >= 0.3 is 0 Å². The molecule has 3 N–H and O–H groups in total. The van der Waals surface area contributed by atoms with Crippen LogP contribution in [-0.4, -0.2) is 8.42 Å². The van der Waals surface area contributed by atoms with Gasteiger partial charge in [-0.05, 0) is 54.5 Å². The van der Waals surface area contributed by atoms with Gasteiger partial charge in [-0.1, -0.05) is 0 Å². The molecule has 112 valence electrons. The average molecular weight is 326 g/mol. The number of rotatable bonds is 3. The minimum Gasteiger partial charge on any atom is -0.396 e. The molecule has 0 saturated carbocycles. The third-order valence-electron chi connectivity index (χ3n) is 3.63. The SMILES string of the molecule is Nc1ccc(S(=O)(=O)NC2CCCc3sccc32)cc1F. The Morgan fingerprint density at radius 1 is 1.33 bits per heavy atom. The van der Waals surface area contributed by atoms with Gasteiger partial charge in [-0.25, -0.2) is 17.5 Å². The van der Waals surface area contributed by atoms with E-state index in [0.29, 0.717) is 0 Å². The van der Waals surface area contributed by atoms with Crippen molar-refractivity contribution in [2.24, 2.45) is 0 Å². The number of thiophene rings is 1. The lowest BCUT2D eigenvalue weighted by Gasteiger charge is -2.23. The summed E-state index contributed by atoms with van der Waals surface area (Å²) in [5.74, 6) is -0.724. The van der Waals surface area contributed by atoms with Crippen molar-refractivity contribution in [3.8, 4) is 0 Å². The summed E-state index contributed by atoms with van der Waals surface area (Å²) in [5.41, 5.74) is 6.35. The lowest BCUT2D eigenvalue weighted by Crippen LogP contribution is -2.30. The highest BCUT2D eigenvalue weighted by atomic mass is 32.2. The van der Waals surface area contributed by atoms with Gasteiger partial charge in [0.25, 0.3) is 0 Å². The number of halogens is 1. The predicted octanol–water partition coefficient (Wildman–Crippen LogP) is 2.83. The van der Waals surface area contributed by atoms with E-state index in [4.69, 9.17) is 5.73 Å². The van der Waals surface area contributed by atoms with Crippen molar-refractivity contribution >= 4 is 27.0 Å². The van der Waals surface area contributed by atoms with E-state index in [1.807, 2.05) is 11.4 Å². The zero-order chi connectivity index (χ0) is 15.0. The van der Waals surface area contributed by atoms with Crippen molar-refractivity contribution in [1.82, 2.24) is 4.72 Å². The minimum absolute atomic E-state index is 0.0632. The van der Waals surface area contributed by atoms with E-state index in [0.717, 1.165) is 30.9 Å². The minimum atomic E-state index is -3.76. The van der Waals surface area contributed by atoms with Gasteiger partial charge in [0.05, 0.1) is 10.6 Å². The Balaban J connectivity index is 1.89. The molecule has 7 heteroatoms. The number of hydrogen-bond donors (Lipinski definition) is 2. The molecule has 0 aliphatic heterocycles. The Hall–Kier alpha value is -1.44. The number of hydrogen-bond acceptors (Lipinski definition) is 4. The second kappa shape index (κ2) is 5.40. The molecule has 0 fully saturated rings. The molecule has 4 nitrogen and oxygen atoms in total. The highest BCUT2D eigenvalue weighted by molar-refractivity contribution is 7.89. The van der Waals surface area contributed by atoms with Crippen LogP contribution in [-0.2, 0) is 16.4 Å². The number of nitrogens with one attached hydrogen (secondary N) is 1. The van der Waals surface area contributed by atoms with Crippen LogP contribution in [0.15, 0.2) is 34.5 Å². The third kappa shape index (κ3) is 2.81. The molecule has 3 rings (SSSR count). The van der Waals surface area contributed by atoms with Crippen molar-refractivity contribution < 1.29 is 12.8 Å². The summed E-state index contributed by atoms with van der Waals surface area (Å²) in [6.45, 7) is 0. The first-order chi connectivity index (χ1) is 9.97. The highest BCUT2D eigenvalue weighted by Gasteiger charge is 2.26. The normalized spacial score (nSPS) is 18.4. The third-order valence-corrected chi connectivity index (χ3v) is 6.10. The molecule has 2 aromatic rings. The number of benzene rings is 1. The fourth-order valence-electron chi connectivity index (χ4n) is 2.54. The number of aryl methyl sites for hydroxylation is 1. The van der Waals surface area contributed by atoms with Gasteiger partial charge in [0.2, 0.25) is 10.0 Å². The van der Waals surface area contributed by atoms with E-state index in [9.17, 15) is 12.8 Å². The van der Waals surface area contributed by atoms with Crippen LogP contribution in [0.2, 0.25) is 0 Å². The molecule has 0 saturated heterocycles. The van der Waals surface area contributed by atoms with Crippen molar-refractivity contribution in [3.63, 3.8) is 0 Å². The predicted molar refractivity (Wildman–Crippen MR) is 81.1 cm³/mol. The molecule has 1 unspecified atom stereocenters. The van der Waals surface area contributed by atoms with Crippen molar-refractivity contribution in [2.45, 2.75) is 30.2 Å². The summed E-state index contributed by atoms with van der Waals surface area (Å²) in [7, 11) is -3.76. The van der Waals surface area contributed by atoms with Gasteiger partial charge < -0.3 is 5.73 Å². The number of anilines is 1. The first-order valence-corrected chi connectivity index (χ1v) is 8.97. The Kier molecular flexibility index (Phi) is 3.73. The maximum absolute atomic E-state index is 13.5. The van der Waals surface area contributed by atoms with Crippen LogP contribution < -0.4 is 10.5 Å². The summed E-state index contributed by atoms with van der Waals surface area (Å²) >= 11 is 1.64. The summed E-state index contributed by atoms with van der Waals surface area (Å²) in [5, 5.41) is 1.97. The van der Waals surface area contributed by atoms with Crippen LogP contribution in [0.4, 0.5) is 10.1 Å². The van der Waals surface area contributed by atoms with Crippen molar-refractivity contribution in [1.29, 1.82) is 0 Å². The number of sulfonamides is 1. The fourth-order valence-corrected chi connectivity index (χ4v) is 4.79. The lowest BCUT2D eigenvalue weighted by atomic mass is 9.95. The van der Waals surface area contributed by atoms with Gasteiger partial charge in [0.15, 0.2) is 0 Å². The average Bonchev–Trinajstić information content (AvgIpc) is 2.91. The van der Waals surface area contributed by atoms with Gasteiger partial charge in [-0.3, -0.25) is 0 Å². The molecule has 1 aliphatic rings. The summed E-state index contributed by atoms with van der Waals surface area (Å²) in [6.07, 6.45) is 2.68. The zero-order valence-corrected chi connectivity index (χ0v) is 12.8. The van der Waals surface area contributed by atoms with E-state index in [-0.39, 0.29) is 16.6 Å². The highest BCUT2D eigenvalue weighted by Crippen LogP contribution is 2.34. The molecule has 1 atom stereocenters. The Bertz CT molecular complexity index is 771. The van der Waals surface area contributed by atoms with E-state index < -0.39 is 15.8 Å².